The first kappa shape index (κ1) is 14.5. The maximum absolute atomic E-state index is 13.0. The Morgan fingerprint density at radius 3 is 2.30 bits per heavy atom. The van der Waals surface area contributed by atoms with E-state index in [1.165, 1.54) is 12.1 Å². The van der Waals surface area contributed by atoms with Gasteiger partial charge in [-0.3, -0.25) is 0 Å². The van der Waals surface area contributed by atoms with Crippen molar-refractivity contribution in [1.82, 2.24) is 0 Å². The molecule has 2 N–H and O–H groups in total. The number of halogens is 2. The summed E-state index contributed by atoms with van der Waals surface area (Å²) < 4.78 is 31.6. The van der Waals surface area contributed by atoms with E-state index in [0.717, 1.165) is 11.8 Å². The topological polar surface area (TPSA) is 35.2 Å². The molecule has 2 nitrogen and oxygen atoms in total. The predicted molar refractivity (Wildman–Crippen MR) is 74.6 cm³/mol. The fraction of sp³-hybridized carbons (Fsp3) is 0.250. The number of ether oxygens (including phenoxy) is 1. The summed E-state index contributed by atoms with van der Waals surface area (Å²) in [7, 11) is 0. The van der Waals surface area contributed by atoms with Gasteiger partial charge in [0.15, 0.2) is 0 Å². The Balaban J connectivity index is 1.79. The van der Waals surface area contributed by atoms with Gasteiger partial charge in [-0.15, -0.1) is 0 Å². The first-order chi connectivity index (χ1) is 9.63. The van der Waals surface area contributed by atoms with Gasteiger partial charge >= 0.3 is 0 Å². The standard InChI is InChI=1S/C16H17F2NO/c17-13-8-12(9-14(18)11-13)10-15(19)6-7-20-16-4-2-1-3-5-16/h1-5,8-9,11,15H,6-7,10,19H2. The van der Waals surface area contributed by atoms with E-state index in [1.54, 1.807) is 0 Å². The second kappa shape index (κ2) is 7.01. The molecule has 0 aliphatic heterocycles. The molecule has 4 heteroatoms. The van der Waals surface area contributed by atoms with Gasteiger partial charge in [-0.1, -0.05) is 18.2 Å². The van der Waals surface area contributed by atoms with Crippen LogP contribution < -0.4 is 10.5 Å². The van der Waals surface area contributed by atoms with Gasteiger partial charge in [-0.25, -0.2) is 8.78 Å². The van der Waals surface area contributed by atoms with Gasteiger partial charge in [0.1, 0.15) is 17.4 Å². The van der Waals surface area contributed by atoms with E-state index in [9.17, 15) is 8.78 Å². The molecule has 0 aliphatic carbocycles. The van der Waals surface area contributed by atoms with Crippen LogP contribution in [0.3, 0.4) is 0 Å². The molecule has 0 radical (unpaired) electrons. The number of para-hydroxylation sites is 1. The zero-order chi connectivity index (χ0) is 14.4. The first-order valence-electron chi connectivity index (χ1n) is 6.52. The van der Waals surface area contributed by atoms with Crippen LogP contribution in [0.2, 0.25) is 0 Å². The quantitative estimate of drug-likeness (QED) is 0.879. The molecule has 0 amide bonds. The molecule has 106 valence electrons. The zero-order valence-electron chi connectivity index (χ0n) is 11.1. The number of hydrogen-bond acceptors (Lipinski definition) is 2. The van der Waals surface area contributed by atoms with Crippen LogP contribution in [0, 0.1) is 11.6 Å². The van der Waals surface area contributed by atoms with Crippen LogP contribution in [0.15, 0.2) is 48.5 Å². The lowest BCUT2D eigenvalue weighted by atomic mass is 10.0. The van der Waals surface area contributed by atoms with Crippen molar-refractivity contribution in [3.63, 3.8) is 0 Å². The van der Waals surface area contributed by atoms with Crippen LogP contribution >= 0.6 is 0 Å². The molecule has 0 heterocycles. The van der Waals surface area contributed by atoms with Gasteiger partial charge in [0.2, 0.25) is 0 Å². The Hall–Kier alpha value is -1.94. The summed E-state index contributed by atoms with van der Waals surface area (Å²) in [5.41, 5.74) is 6.51. The monoisotopic (exact) mass is 277 g/mol. The minimum Gasteiger partial charge on any atom is -0.494 e. The molecule has 0 bridgehead atoms. The maximum Gasteiger partial charge on any atom is 0.126 e. The van der Waals surface area contributed by atoms with Crippen molar-refractivity contribution in [3.05, 3.63) is 65.7 Å². The molecule has 1 atom stereocenters. The van der Waals surface area contributed by atoms with E-state index in [0.29, 0.717) is 25.0 Å². The van der Waals surface area contributed by atoms with E-state index in [1.807, 2.05) is 30.3 Å². The molecule has 0 saturated heterocycles. The Morgan fingerprint density at radius 1 is 1.00 bits per heavy atom. The van der Waals surface area contributed by atoms with Crippen molar-refractivity contribution in [2.24, 2.45) is 5.73 Å². The van der Waals surface area contributed by atoms with Crippen molar-refractivity contribution in [2.45, 2.75) is 18.9 Å². The molecule has 0 fully saturated rings. The predicted octanol–water partition coefficient (Wildman–Crippen LogP) is 3.30. The lowest BCUT2D eigenvalue weighted by Crippen LogP contribution is -2.25. The molecule has 20 heavy (non-hydrogen) atoms. The highest BCUT2D eigenvalue weighted by Crippen LogP contribution is 2.12. The van der Waals surface area contributed by atoms with Gasteiger partial charge in [0.25, 0.3) is 0 Å². The maximum atomic E-state index is 13.0. The largest absolute Gasteiger partial charge is 0.494 e. The van der Waals surface area contributed by atoms with Crippen LogP contribution in [0.1, 0.15) is 12.0 Å². The van der Waals surface area contributed by atoms with Crippen LogP contribution in [0.25, 0.3) is 0 Å². The van der Waals surface area contributed by atoms with Crippen molar-refractivity contribution in [2.75, 3.05) is 6.61 Å². The average molecular weight is 277 g/mol. The summed E-state index contributed by atoms with van der Waals surface area (Å²) in [6, 6.07) is 12.7. The fourth-order valence-electron chi connectivity index (χ4n) is 1.98. The smallest absolute Gasteiger partial charge is 0.126 e. The third kappa shape index (κ3) is 4.63. The normalized spacial score (nSPS) is 12.2. The first-order valence-corrected chi connectivity index (χ1v) is 6.52. The molecular formula is C16H17F2NO. The van der Waals surface area contributed by atoms with Crippen molar-refractivity contribution < 1.29 is 13.5 Å². The zero-order valence-corrected chi connectivity index (χ0v) is 11.1. The number of nitrogens with two attached hydrogens (primary N) is 1. The molecule has 1 unspecified atom stereocenters. The Labute approximate surface area is 117 Å². The van der Waals surface area contributed by atoms with E-state index in [-0.39, 0.29) is 6.04 Å². The van der Waals surface area contributed by atoms with Crippen molar-refractivity contribution >= 4 is 0 Å². The third-order valence-corrected chi connectivity index (χ3v) is 2.92. The molecule has 2 rings (SSSR count). The minimum atomic E-state index is -0.576. The molecule has 0 aliphatic rings. The number of hydrogen-bond donors (Lipinski definition) is 1. The van der Waals surface area contributed by atoms with Crippen LogP contribution in [0.4, 0.5) is 8.78 Å². The summed E-state index contributed by atoms with van der Waals surface area (Å²) in [6.07, 6.45) is 1.04. The van der Waals surface area contributed by atoms with E-state index in [2.05, 4.69) is 0 Å². The van der Waals surface area contributed by atoms with Gasteiger partial charge in [0.05, 0.1) is 6.61 Å². The second-order valence-corrected chi connectivity index (χ2v) is 4.69. The Kier molecular flexibility index (Phi) is 5.07. The molecular weight excluding hydrogens is 260 g/mol. The summed E-state index contributed by atoms with van der Waals surface area (Å²) in [4.78, 5) is 0. The lowest BCUT2D eigenvalue weighted by Gasteiger charge is -2.13. The number of benzene rings is 2. The average Bonchev–Trinajstić information content (AvgIpc) is 2.38. The SMILES string of the molecule is NC(CCOc1ccccc1)Cc1cc(F)cc(F)c1. The van der Waals surface area contributed by atoms with E-state index >= 15 is 0 Å². The van der Waals surface area contributed by atoms with E-state index < -0.39 is 11.6 Å². The van der Waals surface area contributed by atoms with Crippen molar-refractivity contribution in [3.8, 4) is 5.75 Å². The van der Waals surface area contributed by atoms with Crippen LogP contribution in [-0.2, 0) is 6.42 Å². The summed E-state index contributed by atoms with van der Waals surface area (Å²) in [5, 5.41) is 0. The molecule has 0 saturated carbocycles. The lowest BCUT2D eigenvalue weighted by molar-refractivity contribution is 0.297. The molecule has 0 aromatic heterocycles. The van der Waals surface area contributed by atoms with Crippen molar-refractivity contribution in [1.29, 1.82) is 0 Å². The molecule has 2 aromatic carbocycles. The highest BCUT2D eigenvalue weighted by molar-refractivity contribution is 5.21. The van der Waals surface area contributed by atoms with Gasteiger partial charge in [-0.05, 0) is 42.7 Å². The highest BCUT2D eigenvalue weighted by Gasteiger charge is 2.07. The van der Waals surface area contributed by atoms with Gasteiger partial charge in [-0.2, -0.15) is 0 Å². The van der Waals surface area contributed by atoms with Crippen LogP contribution in [-0.4, -0.2) is 12.6 Å². The summed E-state index contributed by atoms with van der Waals surface area (Å²) in [6.45, 7) is 0.475. The summed E-state index contributed by atoms with van der Waals surface area (Å²) in [5.74, 6) is -0.364. The fourth-order valence-corrected chi connectivity index (χ4v) is 1.98. The molecule has 0 spiro atoms. The Morgan fingerprint density at radius 2 is 1.65 bits per heavy atom. The third-order valence-electron chi connectivity index (χ3n) is 2.92. The van der Waals surface area contributed by atoms with Gasteiger partial charge in [0, 0.05) is 12.1 Å². The Bertz CT molecular complexity index is 525. The highest BCUT2D eigenvalue weighted by atomic mass is 19.1. The van der Waals surface area contributed by atoms with E-state index in [4.69, 9.17) is 10.5 Å². The second-order valence-electron chi connectivity index (χ2n) is 4.69. The summed E-state index contributed by atoms with van der Waals surface area (Å²) >= 11 is 0. The van der Waals surface area contributed by atoms with Crippen LogP contribution in [0.5, 0.6) is 5.75 Å². The number of rotatable bonds is 6. The van der Waals surface area contributed by atoms with Gasteiger partial charge < -0.3 is 10.5 Å². The molecule has 2 aromatic rings. The minimum absolute atomic E-state index is 0.195.